The van der Waals surface area contributed by atoms with Gasteiger partial charge in [0.05, 0.1) is 4.90 Å². The van der Waals surface area contributed by atoms with Crippen LogP contribution in [0.15, 0.2) is 46.2 Å². The number of hydrogen-bond donors (Lipinski definition) is 2. The quantitative estimate of drug-likeness (QED) is 0.851. The number of rotatable bonds is 4. The minimum absolute atomic E-state index is 0.120. The topological polar surface area (TPSA) is 55.1 Å². The number of hydrogen-bond acceptors (Lipinski definition) is 3. The molecule has 2 aromatic rings. The molecule has 0 fully saturated rings. The lowest BCUT2D eigenvalue weighted by atomic mass is 10.2. The third kappa shape index (κ3) is 3.72. The highest BCUT2D eigenvalue weighted by Crippen LogP contribution is 2.34. The van der Waals surface area contributed by atoms with Crippen molar-refractivity contribution < 1.29 is 13.6 Å². The summed E-state index contributed by atoms with van der Waals surface area (Å²) in [6.07, 6.45) is 0. The van der Waals surface area contributed by atoms with Crippen LogP contribution in [0.2, 0.25) is 0 Å². The Morgan fingerprint density at radius 2 is 1.95 bits per heavy atom. The van der Waals surface area contributed by atoms with E-state index in [0.717, 1.165) is 30.0 Å². The molecule has 0 saturated carbocycles. The van der Waals surface area contributed by atoms with Gasteiger partial charge < -0.3 is 11.1 Å². The van der Waals surface area contributed by atoms with E-state index in [1.165, 1.54) is 0 Å². The summed E-state index contributed by atoms with van der Waals surface area (Å²) in [5.41, 5.74) is 6.65. The molecule has 21 heavy (non-hydrogen) atoms. The minimum Gasteiger partial charge on any atom is -0.398 e. The van der Waals surface area contributed by atoms with Crippen molar-refractivity contribution in [2.75, 3.05) is 12.3 Å². The van der Waals surface area contributed by atoms with E-state index in [0.29, 0.717) is 22.7 Å². The van der Waals surface area contributed by atoms with Crippen LogP contribution < -0.4 is 11.1 Å². The highest BCUT2D eigenvalue weighted by Gasteiger charge is 2.11. The molecule has 0 spiro atoms. The number of anilines is 1. The van der Waals surface area contributed by atoms with E-state index in [-0.39, 0.29) is 10.8 Å². The number of amides is 1. The van der Waals surface area contributed by atoms with Gasteiger partial charge in [0.25, 0.3) is 5.91 Å². The maximum Gasteiger partial charge on any atom is 0.251 e. The SMILES string of the molecule is CCNC(=O)c1ccc(N)c(Sc2cc(F)ccc2F)c1. The van der Waals surface area contributed by atoms with E-state index in [1.54, 1.807) is 18.2 Å². The second kappa shape index (κ2) is 6.58. The molecule has 1 amide bonds. The first-order chi connectivity index (χ1) is 10.0. The van der Waals surface area contributed by atoms with Crippen LogP contribution in [0.25, 0.3) is 0 Å². The van der Waals surface area contributed by atoms with E-state index in [4.69, 9.17) is 5.73 Å². The Labute approximate surface area is 125 Å². The Balaban J connectivity index is 2.33. The van der Waals surface area contributed by atoms with Gasteiger partial charge in [-0.25, -0.2) is 8.78 Å². The van der Waals surface area contributed by atoms with Crippen LogP contribution >= 0.6 is 11.8 Å². The largest absolute Gasteiger partial charge is 0.398 e. The zero-order chi connectivity index (χ0) is 15.4. The average molecular weight is 308 g/mol. The van der Waals surface area contributed by atoms with E-state index >= 15 is 0 Å². The van der Waals surface area contributed by atoms with E-state index in [2.05, 4.69) is 5.32 Å². The van der Waals surface area contributed by atoms with Crippen LogP contribution in [0.3, 0.4) is 0 Å². The number of nitrogen functional groups attached to an aromatic ring is 1. The van der Waals surface area contributed by atoms with Crippen LogP contribution in [0, 0.1) is 11.6 Å². The minimum atomic E-state index is -0.538. The molecule has 0 aliphatic rings. The normalized spacial score (nSPS) is 10.4. The Hall–Kier alpha value is -2.08. The average Bonchev–Trinajstić information content (AvgIpc) is 2.45. The summed E-state index contributed by atoms with van der Waals surface area (Å²) in [7, 11) is 0. The molecule has 0 aliphatic carbocycles. The van der Waals surface area contributed by atoms with Crippen molar-refractivity contribution in [3.05, 3.63) is 53.6 Å². The number of nitrogens with two attached hydrogens (primary N) is 1. The number of carbonyl (C=O) groups excluding carboxylic acids is 1. The Kier molecular flexibility index (Phi) is 4.80. The molecule has 0 atom stereocenters. The second-order valence-electron chi connectivity index (χ2n) is 4.29. The van der Waals surface area contributed by atoms with E-state index < -0.39 is 11.6 Å². The molecule has 0 saturated heterocycles. The molecule has 2 rings (SSSR count). The highest BCUT2D eigenvalue weighted by molar-refractivity contribution is 7.99. The number of nitrogens with one attached hydrogen (secondary N) is 1. The zero-order valence-corrected chi connectivity index (χ0v) is 12.1. The Bertz CT molecular complexity index is 677. The van der Waals surface area contributed by atoms with Crippen LogP contribution in [-0.2, 0) is 0 Å². The van der Waals surface area contributed by atoms with Crippen molar-refractivity contribution in [3.63, 3.8) is 0 Å². The van der Waals surface area contributed by atoms with Crippen LogP contribution in [0.5, 0.6) is 0 Å². The Morgan fingerprint density at radius 3 is 2.67 bits per heavy atom. The highest BCUT2D eigenvalue weighted by atomic mass is 32.2. The zero-order valence-electron chi connectivity index (χ0n) is 11.3. The van der Waals surface area contributed by atoms with Crippen molar-refractivity contribution in [2.45, 2.75) is 16.7 Å². The molecule has 0 aromatic heterocycles. The summed E-state index contributed by atoms with van der Waals surface area (Å²) in [6.45, 7) is 2.32. The van der Waals surface area contributed by atoms with Crippen LogP contribution in [0.4, 0.5) is 14.5 Å². The molecule has 0 aliphatic heterocycles. The molecule has 3 N–H and O–H groups in total. The first kappa shape index (κ1) is 15.3. The third-order valence-electron chi connectivity index (χ3n) is 2.73. The Morgan fingerprint density at radius 1 is 1.19 bits per heavy atom. The fraction of sp³-hybridized carbons (Fsp3) is 0.133. The summed E-state index contributed by atoms with van der Waals surface area (Å²) in [5.74, 6) is -1.30. The van der Waals surface area contributed by atoms with Crippen molar-refractivity contribution in [1.29, 1.82) is 0 Å². The van der Waals surface area contributed by atoms with Crippen molar-refractivity contribution >= 4 is 23.4 Å². The second-order valence-corrected chi connectivity index (χ2v) is 5.37. The molecule has 0 unspecified atom stereocenters. The van der Waals surface area contributed by atoms with Crippen molar-refractivity contribution in [1.82, 2.24) is 5.32 Å². The van der Waals surface area contributed by atoms with Gasteiger partial charge >= 0.3 is 0 Å². The summed E-state index contributed by atoms with van der Waals surface area (Å²) >= 11 is 0.985. The first-order valence-electron chi connectivity index (χ1n) is 6.32. The van der Waals surface area contributed by atoms with Gasteiger partial charge in [0.2, 0.25) is 0 Å². The van der Waals surface area contributed by atoms with Gasteiger partial charge in [-0.1, -0.05) is 11.8 Å². The predicted molar refractivity (Wildman–Crippen MR) is 79.3 cm³/mol. The number of halogens is 2. The van der Waals surface area contributed by atoms with Gasteiger partial charge in [0, 0.05) is 22.7 Å². The molecular formula is C15H14F2N2OS. The molecule has 0 heterocycles. The summed E-state index contributed by atoms with van der Waals surface area (Å²) in [4.78, 5) is 12.4. The monoisotopic (exact) mass is 308 g/mol. The summed E-state index contributed by atoms with van der Waals surface area (Å²) in [6, 6.07) is 7.93. The fourth-order valence-electron chi connectivity index (χ4n) is 1.70. The van der Waals surface area contributed by atoms with Gasteiger partial charge in [-0.05, 0) is 43.3 Å². The van der Waals surface area contributed by atoms with Gasteiger partial charge in [-0.15, -0.1) is 0 Å². The van der Waals surface area contributed by atoms with Gasteiger partial charge in [-0.2, -0.15) is 0 Å². The summed E-state index contributed by atoms with van der Waals surface area (Å²) in [5, 5.41) is 2.67. The van der Waals surface area contributed by atoms with Crippen LogP contribution in [-0.4, -0.2) is 12.5 Å². The first-order valence-corrected chi connectivity index (χ1v) is 7.13. The third-order valence-corrected chi connectivity index (χ3v) is 3.83. The maximum absolute atomic E-state index is 13.7. The maximum atomic E-state index is 13.7. The molecule has 2 aromatic carbocycles. The number of carbonyl (C=O) groups is 1. The van der Waals surface area contributed by atoms with E-state index in [1.807, 2.05) is 6.92 Å². The lowest BCUT2D eigenvalue weighted by molar-refractivity contribution is 0.0955. The van der Waals surface area contributed by atoms with Crippen molar-refractivity contribution in [2.24, 2.45) is 0 Å². The standard InChI is InChI=1S/C15H14F2N2OS/c1-2-19-15(20)9-3-6-12(18)14(7-9)21-13-8-10(16)4-5-11(13)17/h3-8H,2,18H2,1H3,(H,19,20). The predicted octanol–water partition coefficient (Wildman–Crippen LogP) is 3.45. The smallest absolute Gasteiger partial charge is 0.251 e. The lowest BCUT2D eigenvalue weighted by Crippen LogP contribution is -2.22. The number of benzene rings is 2. The fourth-order valence-corrected chi connectivity index (χ4v) is 2.65. The van der Waals surface area contributed by atoms with E-state index in [9.17, 15) is 13.6 Å². The van der Waals surface area contributed by atoms with Gasteiger partial charge in [0.15, 0.2) is 0 Å². The molecule has 3 nitrogen and oxygen atoms in total. The summed E-state index contributed by atoms with van der Waals surface area (Å²) < 4.78 is 26.8. The van der Waals surface area contributed by atoms with Crippen LogP contribution in [0.1, 0.15) is 17.3 Å². The lowest BCUT2D eigenvalue weighted by Gasteiger charge is -2.09. The molecule has 110 valence electrons. The molecule has 0 radical (unpaired) electrons. The molecular weight excluding hydrogens is 294 g/mol. The van der Waals surface area contributed by atoms with Crippen molar-refractivity contribution in [3.8, 4) is 0 Å². The molecule has 0 bridgehead atoms. The van der Waals surface area contributed by atoms with Gasteiger partial charge in [-0.3, -0.25) is 4.79 Å². The van der Waals surface area contributed by atoms with Gasteiger partial charge in [0.1, 0.15) is 11.6 Å². The molecule has 6 heteroatoms.